The van der Waals surface area contributed by atoms with E-state index in [-0.39, 0.29) is 5.91 Å². The third-order valence-corrected chi connectivity index (χ3v) is 5.97. The predicted molar refractivity (Wildman–Crippen MR) is 106 cm³/mol. The topological polar surface area (TPSA) is 47.3 Å². The molecule has 0 bridgehead atoms. The van der Waals surface area contributed by atoms with Crippen molar-refractivity contribution < 1.29 is 4.79 Å². The lowest BCUT2D eigenvalue weighted by Crippen LogP contribution is -2.43. The van der Waals surface area contributed by atoms with Gasteiger partial charge in [-0.05, 0) is 67.6 Å². The Labute approximate surface area is 161 Å². The van der Waals surface area contributed by atoms with Crippen molar-refractivity contribution in [2.45, 2.75) is 32.2 Å². The molecule has 1 fully saturated rings. The zero-order valence-electron chi connectivity index (χ0n) is 15.8. The van der Waals surface area contributed by atoms with Crippen LogP contribution < -0.4 is 0 Å². The number of carbonyl (C=O) groups excluding carboxylic acids is 1. The number of hydrogen-bond donors (Lipinski definition) is 0. The SMILES string of the molecule is C[C@@H]1CCCN1CCN1CCc2cc(-c3ccc(C#N)cc3)ccc2C1=O. The highest BCUT2D eigenvalue weighted by molar-refractivity contribution is 5.97. The molecule has 2 aromatic rings. The van der Waals surface area contributed by atoms with Crippen molar-refractivity contribution in [1.82, 2.24) is 9.80 Å². The summed E-state index contributed by atoms with van der Waals surface area (Å²) >= 11 is 0. The number of carbonyl (C=O) groups is 1. The average Bonchev–Trinajstić information content (AvgIpc) is 3.12. The van der Waals surface area contributed by atoms with E-state index in [1.165, 1.54) is 12.8 Å². The van der Waals surface area contributed by atoms with Crippen molar-refractivity contribution in [2.75, 3.05) is 26.2 Å². The molecule has 0 spiro atoms. The zero-order valence-corrected chi connectivity index (χ0v) is 15.8. The Morgan fingerprint density at radius 3 is 2.56 bits per heavy atom. The molecule has 0 saturated carbocycles. The maximum atomic E-state index is 12.9. The quantitative estimate of drug-likeness (QED) is 0.836. The van der Waals surface area contributed by atoms with Crippen molar-refractivity contribution in [1.29, 1.82) is 5.26 Å². The van der Waals surface area contributed by atoms with Gasteiger partial charge in [0.05, 0.1) is 11.6 Å². The minimum Gasteiger partial charge on any atom is -0.337 e. The van der Waals surface area contributed by atoms with Gasteiger partial charge in [0.15, 0.2) is 0 Å². The van der Waals surface area contributed by atoms with Crippen LogP contribution in [0.25, 0.3) is 11.1 Å². The molecule has 0 aliphatic carbocycles. The van der Waals surface area contributed by atoms with Crippen LogP contribution in [-0.2, 0) is 6.42 Å². The molecule has 2 aliphatic heterocycles. The van der Waals surface area contributed by atoms with Gasteiger partial charge in [-0.2, -0.15) is 5.26 Å². The summed E-state index contributed by atoms with van der Waals surface area (Å²) in [6, 6.07) is 16.5. The van der Waals surface area contributed by atoms with E-state index in [0.29, 0.717) is 11.6 Å². The summed E-state index contributed by atoms with van der Waals surface area (Å²) in [6.45, 7) is 6.04. The van der Waals surface area contributed by atoms with Gasteiger partial charge in [0.25, 0.3) is 5.91 Å². The second-order valence-corrected chi connectivity index (χ2v) is 7.63. The molecule has 0 N–H and O–H groups in total. The summed E-state index contributed by atoms with van der Waals surface area (Å²) in [4.78, 5) is 17.4. The molecule has 4 heteroatoms. The van der Waals surface area contributed by atoms with Crippen LogP contribution in [-0.4, -0.2) is 47.9 Å². The van der Waals surface area contributed by atoms with Crippen molar-refractivity contribution >= 4 is 5.91 Å². The monoisotopic (exact) mass is 359 g/mol. The Kier molecular flexibility index (Phi) is 4.96. The van der Waals surface area contributed by atoms with Gasteiger partial charge in [-0.25, -0.2) is 0 Å². The smallest absolute Gasteiger partial charge is 0.254 e. The fourth-order valence-electron chi connectivity index (χ4n) is 4.24. The minimum atomic E-state index is 0.162. The van der Waals surface area contributed by atoms with Crippen LogP contribution in [0, 0.1) is 11.3 Å². The molecule has 1 amide bonds. The van der Waals surface area contributed by atoms with Gasteiger partial charge in [0.1, 0.15) is 0 Å². The Balaban J connectivity index is 1.47. The molecule has 2 aromatic carbocycles. The van der Waals surface area contributed by atoms with E-state index >= 15 is 0 Å². The number of benzene rings is 2. The van der Waals surface area contributed by atoms with Gasteiger partial charge in [-0.3, -0.25) is 9.69 Å². The lowest BCUT2D eigenvalue weighted by molar-refractivity contribution is 0.0717. The molecule has 4 rings (SSSR count). The molecule has 0 unspecified atom stereocenters. The number of hydrogen-bond acceptors (Lipinski definition) is 3. The van der Waals surface area contributed by atoms with E-state index in [0.717, 1.165) is 54.9 Å². The Hall–Kier alpha value is -2.64. The standard InChI is InChI=1S/C23H25N3O/c1-17-3-2-11-25(17)13-14-26-12-10-21-15-20(8-9-22(21)23(26)27)19-6-4-18(16-24)5-7-19/h4-9,15,17H,2-3,10-14H2,1H3/t17-/m1/s1. The Morgan fingerprint density at radius 2 is 1.85 bits per heavy atom. The predicted octanol–water partition coefficient (Wildman–Crippen LogP) is 3.71. The number of nitriles is 1. The van der Waals surface area contributed by atoms with Crippen LogP contribution in [0.4, 0.5) is 0 Å². The van der Waals surface area contributed by atoms with Crippen molar-refractivity contribution in [2.24, 2.45) is 0 Å². The van der Waals surface area contributed by atoms with Gasteiger partial charge >= 0.3 is 0 Å². The average molecular weight is 359 g/mol. The summed E-state index contributed by atoms with van der Waals surface area (Å²) in [5.41, 5.74) is 4.82. The first-order valence-corrected chi connectivity index (χ1v) is 9.82. The second-order valence-electron chi connectivity index (χ2n) is 7.63. The van der Waals surface area contributed by atoms with Gasteiger partial charge in [0, 0.05) is 31.2 Å². The van der Waals surface area contributed by atoms with E-state index in [2.05, 4.69) is 24.0 Å². The van der Waals surface area contributed by atoms with Crippen molar-refractivity contribution in [3.63, 3.8) is 0 Å². The maximum Gasteiger partial charge on any atom is 0.254 e. The van der Waals surface area contributed by atoms with Gasteiger partial charge < -0.3 is 4.90 Å². The number of amides is 1. The maximum absolute atomic E-state index is 12.9. The molecule has 0 radical (unpaired) electrons. The van der Waals surface area contributed by atoms with E-state index in [9.17, 15) is 4.79 Å². The molecule has 27 heavy (non-hydrogen) atoms. The van der Waals surface area contributed by atoms with E-state index in [1.807, 2.05) is 41.3 Å². The van der Waals surface area contributed by atoms with Crippen molar-refractivity contribution in [3.05, 3.63) is 59.2 Å². The van der Waals surface area contributed by atoms with Crippen LogP contribution in [0.1, 0.15) is 41.3 Å². The number of likely N-dealkylation sites (tertiary alicyclic amines) is 1. The summed E-state index contributed by atoms with van der Waals surface area (Å²) in [5.74, 6) is 0.162. The molecule has 1 saturated heterocycles. The molecule has 0 aromatic heterocycles. The lowest BCUT2D eigenvalue weighted by atomic mass is 9.94. The molecular formula is C23H25N3O. The molecule has 138 valence electrons. The van der Waals surface area contributed by atoms with Crippen LogP contribution in [0.2, 0.25) is 0 Å². The fraction of sp³-hybridized carbons (Fsp3) is 0.391. The first-order chi connectivity index (χ1) is 13.2. The number of rotatable bonds is 4. The van der Waals surface area contributed by atoms with Crippen LogP contribution in [0.15, 0.2) is 42.5 Å². The number of fused-ring (bicyclic) bond motifs is 1. The minimum absolute atomic E-state index is 0.162. The fourth-order valence-corrected chi connectivity index (χ4v) is 4.24. The van der Waals surface area contributed by atoms with E-state index in [4.69, 9.17) is 5.26 Å². The largest absolute Gasteiger partial charge is 0.337 e. The van der Waals surface area contributed by atoms with Crippen LogP contribution in [0.5, 0.6) is 0 Å². The summed E-state index contributed by atoms with van der Waals surface area (Å²) in [7, 11) is 0. The summed E-state index contributed by atoms with van der Waals surface area (Å²) in [6.07, 6.45) is 3.45. The van der Waals surface area contributed by atoms with Crippen LogP contribution >= 0.6 is 0 Å². The number of nitrogens with zero attached hydrogens (tertiary/aromatic N) is 3. The molecule has 2 aliphatic rings. The summed E-state index contributed by atoms with van der Waals surface area (Å²) < 4.78 is 0. The Morgan fingerprint density at radius 1 is 1.07 bits per heavy atom. The highest BCUT2D eigenvalue weighted by atomic mass is 16.2. The van der Waals surface area contributed by atoms with Gasteiger partial charge in [0.2, 0.25) is 0 Å². The second kappa shape index (κ2) is 7.54. The van der Waals surface area contributed by atoms with Crippen LogP contribution in [0.3, 0.4) is 0 Å². The highest BCUT2D eigenvalue weighted by Crippen LogP contribution is 2.27. The third-order valence-electron chi connectivity index (χ3n) is 5.97. The van der Waals surface area contributed by atoms with Gasteiger partial charge in [-0.1, -0.05) is 24.3 Å². The molecular weight excluding hydrogens is 334 g/mol. The van der Waals surface area contributed by atoms with E-state index < -0.39 is 0 Å². The van der Waals surface area contributed by atoms with Crippen molar-refractivity contribution in [3.8, 4) is 17.2 Å². The Bertz CT molecular complexity index is 881. The van der Waals surface area contributed by atoms with E-state index in [1.54, 1.807) is 0 Å². The molecule has 2 heterocycles. The normalized spacial score (nSPS) is 19.8. The molecule has 1 atom stereocenters. The molecule has 4 nitrogen and oxygen atoms in total. The third kappa shape index (κ3) is 3.61. The first kappa shape index (κ1) is 17.8. The lowest BCUT2D eigenvalue weighted by Gasteiger charge is -2.31. The zero-order chi connectivity index (χ0) is 18.8. The van der Waals surface area contributed by atoms with Gasteiger partial charge in [-0.15, -0.1) is 0 Å². The first-order valence-electron chi connectivity index (χ1n) is 9.82. The highest BCUT2D eigenvalue weighted by Gasteiger charge is 2.26. The summed E-state index contributed by atoms with van der Waals surface area (Å²) in [5, 5.41) is 8.94.